The van der Waals surface area contributed by atoms with Gasteiger partial charge < -0.3 is 10.6 Å². The van der Waals surface area contributed by atoms with Crippen LogP contribution in [-0.4, -0.2) is 17.1 Å². The number of hydrogen-bond acceptors (Lipinski definition) is 3. The summed E-state index contributed by atoms with van der Waals surface area (Å²) in [6, 6.07) is 13.6. The summed E-state index contributed by atoms with van der Waals surface area (Å²) in [4.78, 5) is 25.4. The van der Waals surface area contributed by atoms with Crippen LogP contribution in [0.2, 0.25) is 0 Å². The van der Waals surface area contributed by atoms with Gasteiger partial charge in [-0.3, -0.25) is 9.59 Å². The highest BCUT2D eigenvalue weighted by molar-refractivity contribution is 8.01. The number of rotatable bonds is 3. The van der Waals surface area contributed by atoms with E-state index in [1.54, 1.807) is 0 Å². The van der Waals surface area contributed by atoms with Gasteiger partial charge in [0.05, 0.1) is 10.9 Å². The van der Waals surface area contributed by atoms with Crippen molar-refractivity contribution in [2.45, 2.75) is 30.4 Å². The molecule has 1 aliphatic heterocycles. The first kappa shape index (κ1) is 15.6. The minimum Gasteiger partial charge on any atom is -0.326 e. The van der Waals surface area contributed by atoms with Gasteiger partial charge in [-0.25, -0.2) is 0 Å². The fourth-order valence-electron chi connectivity index (χ4n) is 2.47. The van der Waals surface area contributed by atoms with Crippen LogP contribution >= 0.6 is 11.8 Å². The van der Waals surface area contributed by atoms with Crippen molar-refractivity contribution < 1.29 is 9.59 Å². The van der Waals surface area contributed by atoms with Gasteiger partial charge in [-0.15, -0.1) is 11.8 Å². The third-order valence-electron chi connectivity index (χ3n) is 3.74. The van der Waals surface area contributed by atoms with Gasteiger partial charge in [0.2, 0.25) is 11.8 Å². The molecule has 5 heteroatoms. The molecule has 0 saturated carbocycles. The maximum Gasteiger partial charge on any atom is 0.238 e. The van der Waals surface area contributed by atoms with Gasteiger partial charge in [-0.2, -0.15) is 0 Å². The first-order valence-electron chi connectivity index (χ1n) is 7.46. The zero-order valence-electron chi connectivity index (χ0n) is 13.1. The van der Waals surface area contributed by atoms with Crippen LogP contribution in [0, 0.1) is 13.8 Å². The molecule has 1 heterocycles. The average molecular weight is 326 g/mol. The second kappa shape index (κ2) is 6.46. The number of aryl methyl sites for hydroxylation is 2. The van der Waals surface area contributed by atoms with Crippen LogP contribution < -0.4 is 10.6 Å². The summed E-state index contributed by atoms with van der Waals surface area (Å²) >= 11 is 1.44. The van der Waals surface area contributed by atoms with E-state index in [1.165, 1.54) is 11.8 Å². The van der Waals surface area contributed by atoms with E-state index >= 15 is 0 Å². The molecule has 2 aromatic rings. The Bertz CT molecular complexity index is 773. The van der Waals surface area contributed by atoms with Crippen molar-refractivity contribution in [1.29, 1.82) is 0 Å². The van der Waals surface area contributed by atoms with E-state index < -0.39 is 5.25 Å². The zero-order chi connectivity index (χ0) is 16.4. The smallest absolute Gasteiger partial charge is 0.238 e. The number of carbonyl (C=O) groups is 2. The van der Waals surface area contributed by atoms with Crippen molar-refractivity contribution in [3.63, 3.8) is 0 Å². The molecule has 2 amide bonds. The second-order valence-corrected chi connectivity index (χ2v) is 6.91. The summed E-state index contributed by atoms with van der Waals surface area (Å²) in [5, 5.41) is 5.36. The Morgan fingerprint density at radius 2 is 2.00 bits per heavy atom. The number of hydrogen-bond donors (Lipinski definition) is 2. The Balaban J connectivity index is 1.69. The largest absolute Gasteiger partial charge is 0.326 e. The predicted octanol–water partition coefficient (Wildman–Crippen LogP) is 3.75. The summed E-state index contributed by atoms with van der Waals surface area (Å²) in [7, 11) is 0. The molecule has 0 aromatic heterocycles. The van der Waals surface area contributed by atoms with Crippen LogP contribution in [0.4, 0.5) is 11.4 Å². The van der Waals surface area contributed by atoms with Gasteiger partial charge in [0.25, 0.3) is 0 Å². The molecule has 0 spiro atoms. The molecule has 23 heavy (non-hydrogen) atoms. The van der Waals surface area contributed by atoms with Crippen molar-refractivity contribution in [3.8, 4) is 0 Å². The number of nitrogens with one attached hydrogen (secondary N) is 2. The van der Waals surface area contributed by atoms with Crippen LogP contribution in [0.5, 0.6) is 0 Å². The molecule has 3 rings (SSSR count). The van der Waals surface area contributed by atoms with Crippen LogP contribution in [0.15, 0.2) is 47.4 Å². The summed E-state index contributed by atoms with van der Waals surface area (Å²) in [5.41, 5.74) is 3.71. The van der Waals surface area contributed by atoms with E-state index in [-0.39, 0.29) is 18.2 Å². The van der Waals surface area contributed by atoms with Crippen LogP contribution in [0.25, 0.3) is 0 Å². The van der Waals surface area contributed by atoms with E-state index in [1.807, 2.05) is 56.3 Å². The van der Waals surface area contributed by atoms with Gasteiger partial charge in [0.15, 0.2) is 0 Å². The van der Waals surface area contributed by atoms with Crippen LogP contribution in [-0.2, 0) is 9.59 Å². The molecule has 0 saturated heterocycles. The average Bonchev–Trinajstić information content (AvgIpc) is 2.51. The summed E-state index contributed by atoms with van der Waals surface area (Å²) in [5.74, 6) is -0.268. The van der Waals surface area contributed by atoms with Crippen molar-refractivity contribution >= 4 is 35.0 Å². The number of amides is 2. The Labute approximate surface area is 139 Å². The van der Waals surface area contributed by atoms with Gasteiger partial charge >= 0.3 is 0 Å². The molecule has 0 fully saturated rings. The molecule has 2 aromatic carbocycles. The Kier molecular flexibility index (Phi) is 4.39. The van der Waals surface area contributed by atoms with Crippen molar-refractivity contribution in [1.82, 2.24) is 0 Å². The molecule has 1 aliphatic rings. The maximum absolute atomic E-state index is 12.3. The molecule has 2 N–H and O–H groups in total. The monoisotopic (exact) mass is 326 g/mol. The lowest BCUT2D eigenvalue weighted by Gasteiger charge is -2.23. The normalized spacial score (nSPS) is 16.4. The minimum atomic E-state index is -0.407. The molecular weight excluding hydrogens is 308 g/mol. The summed E-state index contributed by atoms with van der Waals surface area (Å²) in [6.07, 6.45) is 0.151. The standard InChI is InChI=1S/C18H18N2O2S/c1-11-7-8-12(2)14(9-11)19-17(21)10-16-18(22)20-13-5-3-4-6-15(13)23-16/h3-9,16H,10H2,1-2H3,(H,19,21)(H,20,22)/t16-/m0/s1. The fourth-order valence-corrected chi connectivity index (χ4v) is 3.58. The molecular formula is C18H18N2O2S. The van der Waals surface area contributed by atoms with Crippen LogP contribution in [0.3, 0.4) is 0 Å². The Morgan fingerprint density at radius 1 is 1.22 bits per heavy atom. The molecule has 0 bridgehead atoms. The molecule has 4 nitrogen and oxygen atoms in total. The molecule has 0 unspecified atom stereocenters. The molecule has 0 aliphatic carbocycles. The molecule has 118 valence electrons. The minimum absolute atomic E-state index is 0.121. The number of benzene rings is 2. The Morgan fingerprint density at radius 3 is 2.83 bits per heavy atom. The van der Waals surface area contributed by atoms with E-state index in [0.29, 0.717) is 0 Å². The first-order valence-corrected chi connectivity index (χ1v) is 8.34. The van der Waals surface area contributed by atoms with Crippen molar-refractivity contribution in [2.75, 3.05) is 10.6 Å². The van der Waals surface area contributed by atoms with E-state index in [2.05, 4.69) is 10.6 Å². The Hall–Kier alpha value is -2.27. The SMILES string of the molecule is Cc1ccc(C)c(NC(=O)C[C@@H]2Sc3ccccc3NC2=O)c1. The lowest BCUT2D eigenvalue weighted by atomic mass is 10.1. The number of para-hydroxylation sites is 1. The van der Waals surface area contributed by atoms with Crippen molar-refractivity contribution in [3.05, 3.63) is 53.6 Å². The predicted molar refractivity (Wildman–Crippen MR) is 93.9 cm³/mol. The number of carbonyl (C=O) groups excluding carboxylic acids is 2. The lowest BCUT2D eigenvalue weighted by molar-refractivity contribution is -0.120. The highest BCUT2D eigenvalue weighted by atomic mass is 32.2. The van der Waals surface area contributed by atoms with Crippen LogP contribution in [0.1, 0.15) is 17.5 Å². The first-order chi connectivity index (χ1) is 11.0. The summed E-state index contributed by atoms with van der Waals surface area (Å²) in [6.45, 7) is 3.93. The number of anilines is 2. The van der Waals surface area contributed by atoms with Gasteiger partial charge in [-0.05, 0) is 43.2 Å². The van der Waals surface area contributed by atoms with E-state index in [0.717, 1.165) is 27.4 Å². The number of thioether (sulfide) groups is 1. The molecule has 0 radical (unpaired) electrons. The third-order valence-corrected chi connectivity index (χ3v) is 5.02. The second-order valence-electron chi connectivity index (χ2n) is 5.66. The van der Waals surface area contributed by atoms with E-state index in [9.17, 15) is 9.59 Å². The van der Waals surface area contributed by atoms with Gasteiger partial charge in [-0.1, -0.05) is 24.3 Å². The zero-order valence-corrected chi connectivity index (χ0v) is 13.9. The van der Waals surface area contributed by atoms with Crippen molar-refractivity contribution in [2.24, 2.45) is 0 Å². The quantitative estimate of drug-likeness (QED) is 0.903. The lowest BCUT2D eigenvalue weighted by Crippen LogP contribution is -2.32. The van der Waals surface area contributed by atoms with Gasteiger partial charge in [0.1, 0.15) is 0 Å². The highest BCUT2D eigenvalue weighted by Gasteiger charge is 2.28. The molecule has 1 atom stereocenters. The summed E-state index contributed by atoms with van der Waals surface area (Å²) < 4.78 is 0. The van der Waals surface area contributed by atoms with Gasteiger partial charge in [0, 0.05) is 17.0 Å². The van der Waals surface area contributed by atoms with E-state index in [4.69, 9.17) is 0 Å². The maximum atomic E-state index is 12.3. The number of fused-ring (bicyclic) bond motifs is 1. The topological polar surface area (TPSA) is 58.2 Å². The third kappa shape index (κ3) is 3.56. The fraction of sp³-hybridized carbons (Fsp3) is 0.222. The highest BCUT2D eigenvalue weighted by Crippen LogP contribution is 2.36.